The van der Waals surface area contributed by atoms with Gasteiger partial charge in [-0.2, -0.15) is 0 Å². The summed E-state index contributed by atoms with van der Waals surface area (Å²) < 4.78 is 29.4. The Balaban J connectivity index is 1.82. The molecule has 45 heavy (non-hydrogen) atoms. The lowest BCUT2D eigenvalue weighted by atomic mass is 10.0. The Labute approximate surface area is 271 Å². The number of benzene rings is 4. The number of amides is 2. The third kappa shape index (κ3) is 8.96. The van der Waals surface area contributed by atoms with E-state index < -0.39 is 28.5 Å². The lowest BCUT2D eigenvalue weighted by Gasteiger charge is -2.34. The van der Waals surface area contributed by atoms with E-state index in [1.54, 1.807) is 54.6 Å². The molecule has 0 saturated carbocycles. The van der Waals surface area contributed by atoms with E-state index in [2.05, 4.69) is 5.32 Å². The van der Waals surface area contributed by atoms with Gasteiger partial charge in [-0.1, -0.05) is 85.3 Å². The van der Waals surface area contributed by atoms with Crippen LogP contribution in [-0.4, -0.2) is 43.8 Å². The van der Waals surface area contributed by atoms with Crippen molar-refractivity contribution in [2.24, 2.45) is 0 Å². The molecule has 4 aromatic rings. The zero-order chi connectivity index (χ0) is 32.6. The molecule has 236 valence electrons. The quantitative estimate of drug-likeness (QED) is 0.175. The smallest absolute Gasteiger partial charge is 0.264 e. The summed E-state index contributed by atoms with van der Waals surface area (Å²) in [5.41, 5.74) is 3.72. The number of halogens is 1. The van der Waals surface area contributed by atoms with E-state index in [0.717, 1.165) is 26.6 Å². The average molecular weight is 646 g/mol. The van der Waals surface area contributed by atoms with Crippen LogP contribution in [-0.2, 0) is 32.6 Å². The SMILES string of the molecule is CC[C@@H](C)NC(=O)[C@@H](Cc1ccccc1)N(Cc1ccc(Cl)cc1)C(=O)CN(c1cc(C)cc(C)c1)S(=O)(=O)c1ccccc1. The van der Waals surface area contributed by atoms with E-state index in [1.165, 1.54) is 17.0 Å². The molecule has 1 N–H and O–H groups in total. The average Bonchev–Trinajstić information content (AvgIpc) is 3.02. The van der Waals surface area contributed by atoms with E-state index in [0.29, 0.717) is 17.1 Å². The number of sulfonamides is 1. The van der Waals surface area contributed by atoms with Crippen LogP contribution in [0.5, 0.6) is 0 Å². The van der Waals surface area contributed by atoms with Crippen LogP contribution in [0.3, 0.4) is 0 Å². The zero-order valence-corrected chi connectivity index (χ0v) is 27.7. The van der Waals surface area contributed by atoms with Gasteiger partial charge in [0.05, 0.1) is 10.6 Å². The van der Waals surface area contributed by atoms with Gasteiger partial charge in [-0.3, -0.25) is 13.9 Å². The van der Waals surface area contributed by atoms with Crippen LogP contribution in [0.4, 0.5) is 5.69 Å². The maximum absolute atomic E-state index is 14.6. The lowest BCUT2D eigenvalue weighted by molar-refractivity contribution is -0.140. The van der Waals surface area contributed by atoms with E-state index in [9.17, 15) is 18.0 Å². The van der Waals surface area contributed by atoms with E-state index in [4.69, 9.17) is 11.6 Å². The minimum atomic E-state index is -4.15. The third-order valence-corrected chi connectivity index (χ3v) is 9.68. The first kappa shape index (κ1) is 33.7. The summed E-state index contributed by atoms with van der Waals surface area (Å²) in [6, 6.07) is 29.0. The molecule has 4 rings (SSSR count). The first-order chi connectivity index (χ1) is 21.5. The summed E-state index contributed by atoms with van der Waals surface area (Å²) in [7, 11) is -4.15. The molecular formula is C36H40ClN3O4S. The summed E-state index contributed by atoms with van der Waals surface area (Å²) in [5.74, 6) is -0.816. The number of hydrogen-bond donors (Lipinski definition) is 1. The number of carbonyl (C=O) groups excluding carboxylic acids is 2. The summed E-state index contributed by atoms with van der Waals surface area (Å²) >= 11 is 6.16. The van der Waals surface area contributed by atoms with Crippen molar-refractivity contribution in [2.75, 3.05) is 10.8 Å². The number of rotatable bonds is 13. The van der Waals surface area contributed by atoms with Crippen LogP contribution >= 0.6 is 11.6 Å². The number of hydrogen-bond acceptors (Lipinski definition) is 4. The van der Waals surface area contributed by atoms with Gasteiger partial charge in [-0.05, 0) is 85.8 Å². The minimum absolute atomic E-state index is 0.0663. The van der Waals surface area contributed by atoms with Gasteiger partial charge in [-0.15, -0.1) is 0 Å². The largest absolute Gasteiger partial charge is 0.352 e. The molecule has 0 aliphatic rings. The second-order valence-electron chi connectivity index (χ2n) is 11.3. The number of carbonyl (C=O) groups is 2. The third-order valence-electron chi connectivity index (χ3n) is 7.64. The summed E-state index contributed by atoms with van der Waals surface area (Å²) in [6.07, 6.45) is 0.960. The van der Waals surface area contributed by atoms with Crippen LogP contribution < -0.4 is 9.62 Å². The highest BCUT2D eigenvalue weighted by atomic mass is 35.5. The summed E-state index contributed by atoms with van der Waals surface area (Å²) in [4.78, 5) is 30.0. The second kappa shape index (κ2) is 15.2. The van der Waals surface area contributed by atoms with E-state index in [-0.39, 0.29) is 29.8 Å². The predicted octanol–water partition coefficient (Wildman–Crippen LogP) is 6.71. The lowest BCUT2D eigenvalue weighted by Crippen LogP contribution is -2.54. The molecule has 0 saturated heterocycles. The van der Waals surface area contributed by atoms with Crippen LogP contribution in [0.15, 0.2) is 108 Å². The molecule has 0 aliphatic carbocycles. The maximum atomic E-state index is 14.6. The second-order valence-corrected chi connectivity index (χ2v) is 13.6. The number of anilines is 1. The molecule has 7 nitrogen and oxygen atoms in total. The fraction of sp³-hybridized carbons (Fsp3) is 0.278. The van der Waals surface area contributed by atoms with E-state index in [1.807, 2.05) is 64.1 Å². The highest BCUT2D eigenvalue weighted by molar-refractivity contribution is 7.92. The molecular weight excluding hydrogens is 606 g/mol. The fourth-order valence-electron chi connectivity index (χ4n) is 5.12. The van der Waals surface area contributed by atoms with Crippen molar-refractivity contribution in [2.45, 2.75) is 64.1 Å². The molecule has 0 aliphatic heterocycles. The Morgan fingerprint density at radius 1 is 0.822 bits per heavy atom. The van der Waals surface area contributed by atoms with Gasteiger partial charge < -0.3 is 10.2 Å². The van der Waals surface area contributed by atoms with Crippen molar-refractivity contribution in [1.29, 1.82) is 0 Å². The molecule has 0 unspecified atom stereocenters. The number of aryl methyl sites for hydroxylation is 2. The Hall–Kier alpha value is -4.14. The van der Waals surface area contributed by atoms with Crippen molar-refractivity contribution < 1.29 is 18.0 Å². The monoisotopic (exact) mass is 645 g/mol. The molecule has 0 spiro atoms. The van der Waals surface area contributed by atoms with Crippen molar-refractivity contribution in [3.8, 4) is 0 Å². The van der Waals surface area contributed by atoms with Crippen molar-refractivity contribution in [3.05, 3.63) is 130 Å². The van der Waals surface area contributed by atoms with Gasteiger partial charge in [0.25, 0.3) is 10.0 Å². The Morgan fingerprint density at radius 3 is 1.98 bits per heavy atom. The highest BCUT2D eigenvalue weighted by Gasteiger charge is 2.35. The van der Waals surface area contributed by atoms with Crippen LogP contribution in [0.25, 0.3) is 0 Å². The van der Waals surface area contributed by atoms with Crippen molar-refractivity contribution in [1.82, 2.24) is 10.2 Å². The summed E-state index contributed by atoms with van der Waals surface area (Å²) in [6.45, 7) is 7.23. The van der Waals surface area contributed by atoms with Gasteiger partial charge in [0.1, 0.15) is 12.6 Å². The summed E-state index contributed by atoms with van der Waals surface area (Å²) in [5, 5.41) is 3.59. The molecule has 0 bridgehead atoms. The zero-order valence-electron chi connectivity index (χ0n) is 26.1. The van der Waals surface area contributed by atoms with Gasteiger partial charge in [0.15, 0.2) is 0 Å². The molecule has 4 aromatic carbocycles. The van der Waals surface area contributed by atoms with Crippen molar-refractivity contribution in [3.63, 3.8) is 0 Å². The molecule has 2 atom stereocenters. The molecule has 0 aromatic heterocycles. The molecule has 9 heteroatoms. The minimum Gasteiger partial charge on any atom is -0.352 e. The normalized spacial score (nSPS) is 12.6. The fourth-order valence-corrected chi connectivity index (χ4v) is 6.67. The van der Waals surface area contributed by atoms with Crippen LogP contribution in [0, 0.1) is 13.8 Å². The van der Waals surface area contributed by atoms with Gasteiger partial charge >= 0.3 is 0 Å². The molecule has 0 heterocycles. The van der Waals surface area contributed by atoms with Crippen LogP contribution in [0.1, 0.15) is 42.5 Å². The molecule has 0 fully saturated rings. The number of nitrogens with one attached hydrogen (secondary N) is 1. The predicted molar refractivity (Wildman–Crippen MR) is 181 cm³/mol. The van der Waals surface area contributed by atoms with Crippen LogP contribution in [0.2, 0.25) is 5.02 Å². The molecule has 2 amide bonds. The Morgan fingerprint density at radius 2 is 1.40 bits per heavy atom. The Bertz CT molecular complexity index is 1680. The molecule has 0 radical (unpaired) electrons. The maximum Gasteiger partial charge on any atom is 0.264 e. The van der Waals surface area contributed by atoms with Gasteiger partial charge in [0.2, 0.25) is 11.8 Å². The highest BCUT2D eigenvalue weighted by Crippen LogP contribution is 2.27. The van der Waals surface area contributed by atoms with Gasteiger partial charge in [-0.25, -0.2) is 8.42 Å². The number of nitrogens with zero attached hydrogens (tertiary/aromatic N) is 2. The van der Waals surface area contributed by atoms with Gasteiger partial charge in [0, 0.05) is 24.0 Å². The Kier molecular flexibility index (Phi) is 11.4. The topological polar surface area (TPSA) is 86.8 Å². The van der Waals surface area contributed by atoms with E-state index >= 15 is 0 Å². The standard InChI is InChI=1S/C36H40ClN3O4S/c1-5-28(4)38-36(42)34(23-29-12-8-6-9-13-29)39(24-30-16-18-31(37)19-17-30)35(41)25-40(32-21-26(2)20-27(3)22-32)45(43,44)33-14-10-7-11-15-33/h6-22,28,34H,5,23-25H2,1-4H3,(H,38,42)/t28-,34-/m1/s1. The van der Waals surface area contributed by atoms with Crippen molar-refractivity contribution >= 4 is 39.1 Å². The first-order valence-electron chi connectivity index (χ1n) is 15.0. The first-order valence-corrected chi connectivity index (χ1v) is 16.8.